The minimum atomic E-state index is -4.32. The number of aliphatic imine (C=N–C) groups is 1. The van der Waals surface area contributed by atoms with E-state index in [1.807, 2.05) is 32.9 Å². The molecule has 158 valence electrons. The molecule has 1 aromatic carbocycles. The molecule has 1 rings (SSSR count). The first-order valence-corrected chi connectivity index (χ1v) is 8.96. The molecule has 0 aliphatic carbocycles. The highest BCUT2D eigenvalue weighted by Gasteiger charge is 2.27. The maximum absolute atomic E-state index is 12.1. The molecule has 0 aromatic heterocycles. The number of rotatable bonds is 8. The predicted octanol–water partition coefficient (Wildman–Crippen LogP) is 2.59. The molecule has 0 heterocycles. The second-order valence-electron chi connectivity index (χ2n) is 7.28. The molecule has 0 atom stereocenters. The highest BCUT2D eigenvalue weighted by molar-refractivity contribution is 5.81. The van der Waals surface area contributed by atoms with Gasteiger partial charge >= 0.3 is 6.18 Å². The summed E-state index contributed by atoms with van der Waals surface area (Å²) in [7, 11) is 1.64. The van der Waals surface area contributed by atoms with Crippen LogP contribution in [0.3, 0.4) is 0 Å². The number of halogens is 3. The number of benzene rings is 1. The van der Waals surface area contributed by atoms with E-state index in [-0.39, 0.29) is 12.5 Å². The first-order chi connectivity index (χ1) is 13.0. The molecule has 9 heteroatoms. The Bertz CT molecular complexity index is 638. The van der Waals surface area contributed by atoms with Crippen molar-refractivity contribution in [1.29, 1.82) is 0 Å². The van der Waals surface area contributed by atoms with E-state index in [2.05, 4.69) is 25.7 Å². The van der Waals surface area contributed by atoms with Crippen LogP contribution in [-0.4, -0.2) is 44.8 Å². The smallest absolute Gasteiger partial charge is 0.367 e. The molecule has 1 aromatic rings. The summed E-state index contributed by atoms with van der Waals surface area (Å²) in [6.45, 7) is 5.71. The average Bonchev–Trinajstić information content (AvgIpc) is 2.60. The normalized spacial score (nSPS) is 12.6. The van der Waals surface area contributed by atoms with Crippen LogP contribution < -0.4 is 16.0 Å². The fourth-order valence-electron chi connectivity index (χ4n) is 2.07. The van der Waals surface area contributed by atoms with E-state index in [9.17, 15) is 18.0 Å². The molecule has 6 nitrogen and oxygen atoms in total. The summed E-state index contributed by atoms with van der Waals surface area (Å²) in [4.78, 5) is 15.9. The van der Waals surface area contributed by atoms with E-state index >= 15 is 0 Å². The van der Waals surface area contributed by atoms with Gasteiger partial charge in [-0.1, -0.05) is 45.0 Å². The molecule has 0 spiro atoms. The highest BCUT2D eigenvalue weighted by atomic mass is 19.4. The lowest BCUT2D eigenvalue weighted by Gasteiger charge is -2.18. The molecule has 0 unspecified atom stereocenters. The van der Waals surface area contributed by atoms with Crippen LogP contribution in [0.25, 0.3) is 0 Å². The van der Waals surface area contributed by atoms with Crippen molar-refractivity contribution < 1.29 is 22.7 Å². The van der Waals surface area contributed by atoms with Gasteiger partial charge in [0.15, 0.2) is 5.96 Å². The fraction of sp³-hybridized carbons (Fsp3) is 0.579. The van der Waals surface area contributed by atoms with Gasteiger partial charge in [-0.05, 0) is 11.1 Å². The van der Waals surface area contributed by atoms with E-state index in [1.165, 1.54) is 0 Å². The molecule has 0 aliphatic heterocycles. The lowest BCUT2D eigenvalue weighted by Crippen LogP contribution is -2.43. The van der Waals surface area contributed by atoms with Crippen LogP contribution in [0.5, 0.6) is 0 Å². The number of hydrogen-bond acceptors (Lipinski definition) is 3. The van der Waals surface area contributed by atoms with Crippen molar-refractivity contribution in [1.82, 2.24) is 16.0 Å². The molecular formula is C19H29F3N4O2. The number of ether oxygens (including phenoxy) is 1. The first kappa shape index (κ1) is 23.7. The third-order valence-corrected chi connectivity index (χ3v) is 3.63. The van der Waals surface area contributed by atoms with Crippen LogP contribution >= 0.6 is 0 Å². The zero-order valence-corrected chi connectivity index (χ0v) is 16.7. The van der Waals surface area contributed by atoms with E-state index in [0.29, 0.717) is 31.2 Å². The minimum absolute atomic E-state index is 0.0171. The number of carbonyl (C=O) groups excluding carboxylic acids is 1. The maximum atomic E-state index is 12.1. The Morgan fingerprint density at radius 2 is 1.57 bits per heavy atom. The van der Waals surface area contributed by atoms with Crippen molar-refractivity contribution in [2.24, 2.45) is 10.4 Å². The summed E-state index contributed by atoms with van der Waals surface area (Å²) in [5.74, 6) is 0.569. The van der Waals surface area contributed by atoms with E-state index < -0.39 is 18.2 Å². The van der Waals surface area contributed by atoms with Gasteiger partial charge in [-0.15, -0.1) is 0 Å². The van der Waals surface area contributed by atoms with Crippen molar-refractivity contribution in [3.63, 3.8) is 0 Å². The number of guanidine groups is 1. The fourth-order valence-corrected chi connectivity index (χ4v) is 2.07. The molecule has 0 saturated carbocycles. The SMILES string of the molecule is CN=C(NCCNC(=O)C(C)(C)C)NCc1ccc(COCC(F)(F)F)cc1. The monoisotopic (exact) mass is 402 g/mol. The molecule has 0 bridgehead atoms. The van der Waals surface area contributed by atoms with Crippen molar-refractivity contribution in [3.05, 3.63) is 35.4 Å². The number of carbonyl (C=O) groups is 1. The Morgan fingerprint density at radius 3 is 2.11 bits per heavy atom. The molecule has 0 aliphatic rings. The highest BCUT2D eigenvalue weighted by Crippen LogP contribution is 2.16. The zero-order chi connectivity index (χ0) is 21.2. The van der Waals surface area contributed by atoms with Gasteiger partial charge in [0.1, 0.15) is 6.61 Å². The lowest BCUT2D eigenvalue weighted by atomic mass is 9.96. The van der Waals surface area contributed by atoms with Gasteiger partial charge in [0.25, 0.3) is 0 Å². The van der Waals surface area contributed by atoms with Gasteiger partial charge in [-0.3, -0.25) is 9.79 Å². The second-order valence-corrected chi connectivity index (χ2v) is 7.28. The number of nitrogens with zero attached hydrogens (tertiary/aromatic N) is 1. The third kappa shape index (κ3) is 10.1. The van der Waals surface area contributed by atoms with E-state index in [4.69, 9.17) is 0 Å². The topological polar surface area (TPSA) is 74.8 Å². The quantitative estimate of drug-likeness (QED) is 0.355. The summed E-state index contributed by atoms with van der Waals surface area (Å²) in [5.41, 5.74) is 1.19. The number of amides is 1. The van der Waals surface area contributed by atoms with Crippen molar-refractivity contribution in [2.45, 2.75) is 40.1 Å². The molecular weight excluding hydrogens is 373 g/mol. The van der Waals surface area contributed by atoms with Crippen molar-refractivity contribution in [2.75, 3.05) is 26.7 Å². The average molecular weight is 402 g/mol. The van der Waals surface area contributed by atoms with Gasteiger partial charge < -0.3 is 20.7 Å². The van der Waals surface area contributed by atoms with Crippen LogP contribution in [0.1, 0.15) is 31.9 Å². The minimum Gasteiger partial charge on any atom is -0.367 e. The van der Waals surface area contributed by atoms with E-state index in [0.717, 1.165) is 5.56 Å². The molecule has 28 heavy (non-hydrogen) atoms. The van der Waals surface area contributed by atoms with Gasteiger partial charge in [-0.2, -0.15) is 13.2 Å². The molecule has 0 radical (unpaired) electrons. The standard InChI is InChI=1S/C19H29F3N4O2/c1-18(2,3)16(27)24-9-10-25-17(23-4)26-11-14-5-7-15(8-6-14)12-28-13-19(20,21)22/h5-8H,9-13H2,1-4H3,(H,24,27)(H2,23,25,26). The Labute approximate surface area is 163 Å². The van der Waals surface area contributed by atoms with E-state index in [1.54, 1.807) is 19.2 Å². The second kappa shape index (κ2) is 10.9. The van der Waals surface area contributed by atoms with Gasteiger partial charge in [0, 0.05) is 32.1 Å². The van der Waals surface area contributed by atoms with Gasteiger partial charge in [0.2, 0.25) is 5.91 Å². The van der Waals surface area contributed by atoms with Crippen LogP contribution in [0.15, 0.2) is 29.3 Å². The first-order valence-electron chi connectivity index (χ1n) is 8.96. The maximum Gasteiger partial charge on any atom is 0.411 e. The van der Waals surface area contributed by atoms with Crippen molar-refractivity contribution in [3.8, 4) is 0 Å². The third-order valence-electron chi connectivity index (χ3n) is 3.63. The number of hydrogen-bond donors (Lipinski definition) is 3. The zero-order valence-electron chi connectivity index (χ0n) is 16.7. The summed E-state index contributed by atoms with van der Waals surface area (Å²) in [5, 5.41) is 9.07. The molecule has 3 N–H and O–H groups in total. The number of nitrogens with one attached hydrogen (secondary N) is 3. The van der Waals surface area contributed by atoms with Crippen LogP contribution in [0.4, 0.5) is 13.2 Å². The summed E-state index contributed by atoms with van der Waals surface area (Å²) in [6, 6.07) is 7.09. The summed E-state index contributed by atoms with van der Waals surface area (Å²) < 4.78 is 40.8. The summed E-state index contributed by atoms with van der Waals surface area (Å²) in [6.07, 6.45) is -4.32. The molecule has 0 fully saturated rings. The Hall–Kier alpha value is -2.29. The Morgan fingerprint density at radius 1 is 1.00 bits per heavy atom. The van der Waals surface area contributed by atoms with Crippen molar-refractivity contribution >= 4 is 11.9 Å². The van der Waals surface area contributed by atoms with Gasteiger partial charge in [-0.25, -0.2) is 0 Å². The number of alkyl halides is 3. The molecule has 0 saturated heterocycles. The Balaban J connectivity index is 2.32. The predicted molar refractivity (Wildman–Crippen MR) is 103 cm³/mol. The molecule has 1 amide bonds. The Kier molecular flexibility index (Phi) is 9.24. The van der Waals surface area contributed by atoms with Crippen LogP contribution in [0, 0.1) is 5.41 Å². The van der Waals surface area contributed by atoms with Crippen LogP contribution in [-0.2, 0) is 22.7 Å². The van der Waals surface area contributed by atoms with Gasteiger partial charge in [0.05, 0.1) is 6.61 Å². The largest absolute Gasteiger partial charge is 0.411 e. The lowest BCUT2D eigenvalue weighted by molar-refractivity contribution is -0.176. The summed E-state index contributed by atoms with van der Waals surface area (Å²) >= 11 is 0. The van der Waals surface area contributed by atoms with Crippen LogP contribution in [0.2, 0.25) is 0 Å².